The first-order valence-electron chi connectivity index (χ1n) is 4.79. The summed E-state index contributed by atoms with van der Waals surface area (Å²) in [5, 5.41) is 13.5. The van der Waals surface area contributed by atoms with Crippen molar-refractivity contribution in [2.75, 3.05) is 7.11 Å². The van der Waals surface area contributed by atoms with Crippen LogP contribution in [-0.2, 0) is 9.53 Å². The molecule has 0 aromatic carbocycles. The minimum absolute atomic E-state index is 0.362. The van der Waals surface area contributed by atoms with Crippen molar-refractivity contribution in [2.24, 2.45) is 0 Å². The molecule has 0 spiro atoms. The van der Waals surface area contributed by atoms with Gasteiger partial charge in [-0.2, -0.15) is 5.10 Å². The maximum Gasteiger partial charge on any atom is 0.339 e. The fourth-order valence-electron chi connectivity index (χ4n) is 1.27. The Balaban J connectivity index is 2.21. The van der Waals surface area contributed by atoms with Gasteiger partial charge in [0.1, 0.15) is 12.7 Å². The fourth-order valence-corrected chi connectivity index (χ4v) is 1.27. The van der Waals surface area contributed by atoms with Gasteiger partial charge in [-0.3, -0.25) is 0 Å². The molecule has 0 radical (unpaired) electrons. The van der Waals surface area contributed by atoms with Gasteiger partial charge < -0.3 is 9.84 Å². The molecule has 0 aliphatic heterocycles. The summed E-state index contributed by atoms with van der Waals surface area (Å²) in [5.41, 5.74) is 0.362. The van der Waals surface area contributed by atoms with E-state index in [1.165, 1.54) is 30.6 Å². The van der Waals surface area contributed by atoms with Crippen molar-refractivity contribution in [3.63, 3.8) is 0 Å². The monoisotopic (exact) mass is 234 g/mol. The van der Waals surface area contributed by atoms with Gasteiger partial charge in [0.25, 0.3) is 0 Å². The standard InChI is InChI=1S/C10H10N4O3/c1-17-10(16)9(15)7-2-3-8(12-4-7)14-6-11-5-13-14/h2-6,9,15H,1H3. The number of methoxy groups -OCH3 is 1. The zero-order chi connectivity index (χ0) is 12.3. The highest BCUT2D eigenvalue weighted by atomic mass is 16.5. The number of aliphatic hydroxyl groups is 1. The number of carbonyl (C=O) groups excluding carboxylic acids is 1. The largest absolute Gasteiger partial charge is 0.467 e. The van der Waals surface area contributed by atoms with Crippen LogP contribution in [0.3, 0.4) is 0 Å². The first kappa shape index (κ1) is 11.2. The third-order valence-corrected chi connectivity index (χ3v) is 2.16. The average molecular weight is 234 g/mol. The first-order chi connectivity index (χ1) is 8.22. The number of esters is 1. The summed E-state index contributed by atoms with van der Waals surface area (Å²) < 4.78 is 5.89. The molecule has 1 atom stereocenters. The molecule has 2 heterocycles. The Bertz CT molecular complexity index is 495. The van der Waals surface area contributed by atoms with Crippen molar-refractivity contribution in [1.29, 1.82) is 0 Å². The van der Waals surface area contributed by atoms with E-state index in [9.17, 15) is 9.90 Å². The van der Waals surface area contributed by atoms with Crippen LogP contribution < -0.4 is 0 Å². The van der Waals surface area contributed by atoms with E-state index < -0.39 is 12.1 Å². The Labute approximate surface area is 96.7 Å². The average Bonchev–Trinajstić information content (AvgIpc) is 2.91. The number of aromatic nitrogens is 4. The Morgan fingerprint density at radius 3 is 2.88 bits per heavy atom. The number of aliphatic hydroxyl groups excluding tert-OH is 1. The lowest BCUT2D eigenvalue weighted by atomic mass is 10.1. The van der Waals surface area contributed by atoms with E-state index in [1.807, 2.05) is 0 Å². The highest BCUT2D eigenvalue weighted by Gasteiger charge is 2.18. The van der Waals surface area contributed by atoms with Crippen molar-refractivity contribution < 1.29 is 14.6 Å². The van der Waals surface area contributed by atoms with Crippen LogP contribution in [0.15, 0.2) is 31.0 Å². The van der Waals surface area contributed by atoms with Crippen LogP contribution in [0.5, 0.6) is 0 Å². The van der Waals surface area contributed by atoms with Gasteiger partial charge in [0.15, 0.2) is 11.9 Å². The number of pyridine rings is 1. The van der Waals surface area contributed by atoms with E-state index in [0.717, 1.165) is 0 Å². The fraction of sp³-hybridized carbons (Fsp3) is 0.200. The van der Waals surface area contributed by atoms with Gasteiger partial charge in [0, 0.05) is 11.8 Å². The molecule has 1 unspecified atom stereocenters. The maximum absolute atomic E-state index is 11.1. The molecule has 0 amide bonds. The third kappa shape index (κ3) is 2.28. The summed E-state index contributed by atoms with van der Waals surface area (Å²) in [6, 6.07) is 3.20. The number of ether oxygens (including phenoxy) is 1. The lowest BCUT2D eigenvalue weighted by molar-refractivity contribution is -0.150. The first-order valence-corrected chi connectivity index (χ1v) is 4.79. The number of nitrogens with zero attached hydrogens (tertiary/aromatic N) is 4. The van der Waals surface area contributed by atoms with Gasteiger partial charge in [0.05, 0.1) is 7.11 Å². The van der Waals surface area contributed by atoms with E-state index in [1.54, 1.807) is 12.1 Å². The van der Waals surface area contributed by atoms with Crippen molar-refractivity contribution in [2.45, 2.75) is 6.10 Å². The summed E-state index contributed by atoms with van der Waals surface area (Å²) in [5.74, 6) is -0.177. The molecule has 0 saturated carbocycles. The van der Waals surface area contributed by atoms with Crippen LogP contribution in [0.25, 0.3) is 5.82 Å². The van der Waals surface area contributed by atoms with E-state index in [2.05, 4.69) is 19.8 Å². The number of rotatable bonds is 3. The highest BCUT2D eigenvalue weighted by Crippen LogP contribution is 2.14. The highest BCUT2D eigenvalue weighted by molar-refractivity contribution is 5.75. The van der Waals surface area contributed by atoms with E-state index in [0.29, 0.717) is 11.4 Å². The molecule has 2 aromatic heterocycles. The molecule has 0 saturated heterocycles. The Morgan fingerprint density at radius 1 is 1.53 bits per heavy atom. The second-order valence-corrected chi connectivity index (χ2v) is 3.22. The summed E-state index contributed by atoms with van der Waals surface area (Å²) in [4.78, 5) is 18.9. The van der Waals surface area contributed by atoms with E-state index in [-0.39, 0.29) is 0 Å². The predicted octanol–water partition coefficient (Wildman–Crippen LogP) is -0.131. The van der Waals surface area contributed by atoms with Gasteiger partial charge in [0.2, 0.25) is 0 Å². The summed E-state index contributed by atoms with van der Waals surface area (Å²) in [6.45, 7) is 0. The summed E-state index contributed by atoms with van der Waals surface area (Å²) >= 11 is 0. The van der Waals surface area contributed by atoms with Crippen molar-refractivity contribution in [1.82, 2.24) is 19.7 Å². The van der Waals surface area contributed by atoms with Crippen LogP contribution in [0.2, 0.25) is 0 Å². The molecule has 17 heavy (non-hydrogen) atoms. The number of carbonyl (C=O) groups is 1. The lowest BCUT2D eigenvalue weighted by Gasteiger charge is -2.08. The summed E-state index contributed by atoms with van der Waals surface area (Å²) in [7, 11) is 1.21. The Hall–Kier alpha value is -2.28. The molecule has 2 aromatic rings. The molecule has 7 nitrogen and oxygen atoms in total. The van der Waals surface area contributed by atoms with Gasteiger partial charge in [-0.05, 0) is 6.07 Å². The molecule has 2 rings (SSSR count). The third-order valence-electron chi connectivity index (χ3n) is 2.16. The quantitative estimate of drug-likeness (QED) is 0.744. The van der Waals surface area contributed by atoms with Crippen LogP contribution in [0.4, 0.5) is 0 Å². The van der Waals surface area contributed by atoms with Crippen molar-refractivity contribution >= 4 is 5.97 Å². The molecule has 7 heteroatoms. The van der Waals surface area contributed by atoms with E-state index >= 15 is 0 Å². The predicted molar refractivity (Wildman–Crippen MR) is 56.1 cm³/mol. The molecule has 0 aliphatic rings. The number of hydrogen-bond donors (Lipinski definition) is 1. The molecule has 88 valence electrons. The van der Waals surface area contributed by atoms with Gasteiger partial charge in [-0.15, -0.1) is 0 Å². The topological polar surface area (TPSA) is 90.1 Å². The second-order valence-electron chi connectivity index (χ2n) is 3.22. The van der Waals surface area contributed by atoms with Gasteiger partial charge >= 0.3 is 5.97 Å². The maximum atomic E-state index is 11.1. The molecule has 0 aliphatic carbocycles. The van der Waals surface area contributed by atoms with Crippen molar-refractivity contribution in [3.05, 3.63) is 36.5 Å². The lowest BCUT2D eigenvalue weighted by Crippen LogP contribution is -2.13. The van der Waals surface area contributed by atoms with Crippen LogP contribution in [0.1, 0.15) is 11.7 Å². The zero-order valence-corrected chi connectivity index (χ0v) is 9.02. The molecular weight excluding hydrogens is 224 g/mol. The smallest absolute Gasteiger partial charge is 0.339 e. The van der Waals surface area contributed by atoms with Crippen LogP contribution in [-0.4, -0.2) is 37.9 Å². The Morgan fingerprint density at radius 2 is 2.35 bits per heavy atom. The molecule has 0 fully saturated rings. The SMILES string of the molecule is COC(=O)C(O)c1ccc(-n2cncn2)nc1. The van der Waals surface area contributed by atoms with Crippen LogP contribution >= 0.6 is 0 Å². The Kier molecular flexibility index (Phi) is 3.10. The second kappa shape index (κ2) is 4.71. The summed E-state index contributed by atoms with van der Waals surface area (Å²) in [6.07, 6.45) is 2.95. The van der Waals surface area contributed by atoms with Crippen molar-refractivity contribution in [3.8, 4) is 5.82 Å². The van der Waals surface area contributed by atoms with E-state index in [4.69, 9.17) is 0 Å². The van der Waals surface area contributed by atoms with Gasteiger partial charge in [-0.1, -0.05) is 6.07 Å². The molecule has 1 N–H and O–H groups in total. The molecular formula is C10H10N4O3. The van der Waals surface area contributed by atoms with Gasteiger partial charge in [-0.25, -0.2) is 19.4 Å². The van der Waals surface area contributed by atoms with Crippen LogP contribution in [0, 0.1) is 0 Å². The molecule has 0 bridgehead atoms. The number of hydrogen-bond acceptors (Lipinski definition) is 6. The zero-order valence-electron chi connectivity index (χ0n) is 9.02. The minimum atomic E-state index is -1.32. The minimum Gasteiger partial charge on any atom is -0.467 e. The normalized spacial score (nSPS) is 12.1.